The van der Waals surface area contributed by atoms with Gasteiger partial charge < -0.3 is 10.2 Å². The van der Waals surface area contributed by atoms with Crippen LogP contribution in [-0.4, -0.2) is 28.6 Å². The van der Waals surface area contributed by atoms with Crippen molar-refractivity contribution in [2.75, 3.05) is 16.8 Å². The second-order valence-electron chi connectivity index (χ2n) is 6.95. The quantitative estimate of drug-likeness (QED) is 0.878. The molecule has 1 atom stereocenters. The number of nitrogens with zero attached hydrogens (tertiary/aromatic N) is 3. The highest BCUT2D eigenvalue weighted by Gasteiger charge is 2.35. The Morgan fingerprint density at radius 1 is 1.31 bits per heavy atom. The molecule has 1 N–H and O–H groups in total. The topological polar surface area (TPSA) is 75.2 Å². The summed E-state index contributed by atoms with van der Waals surface area (Å²) in [6.45, 7) is 2.50. The lowest BCUT2D eigenvalue weighted by atomic mass is 10.1. The van der Waals surface area contributed by atoms with E-state index in [1.807, 2.05) is 6.07 Å². The number of benzene rings is 1. The SMILES string of the molecule is CCCc1nnc(NC(=O)[C@H]2CC(=O)N(c3ccc4c(c3)CCC4)C2)s1. The molecule has 0 bridgehead atoms. The number of nitrogens with one attached hydrogen (secondary N) is 1. The lowest BCUT2D eigenvalue weighted by Crippen LogP contribution is -2.28. The summed E-state index contributed by atoms with van der Waals surface area (Å²) in [6.07, 6.45) is 5.48. The van der Waals surface area contributed by atoms with Crippen molar-refractivity contribution >= 4 is 34.0 Å². The van der Waals surface area contributed by atoms with E-state index in [4.69, 9.17) is 0 Å². The van der Waals surface area contributed by atoms with Crippen LogP contribution in [0.2, 0.25) is 0 Å². The fourth-order valence-electron chi connectivity index (χ4n) is 3.69. The molecule has 2 amide bonds. The molecule has 1 aromatic heterocycles. The predicted molar refractivity (Wildman–Crippen MR) is 101 cm³/mol. The zero-order valence-corrected chi connectivity index (χ0v) is 15.6. The standard InChI is InChI=1S/C19H22N4O2S/c1-2-4-16-21-22-19(26-16)20-18(25)14-10-17(24)23(11-14)15-8-7-12-5-3-6-13(12)9-15/h7-9,14H,2-6,10-11H2,1H3,(H,20,22,25)/t14-/m0/s1. The molecule has 7 heteroatoms. The first kappa shape index (κ1) is 17.1. The largest absolute Gasteiger partial charge is 0.312 e. The molecule has 0 saturated carbocycles. The third-order valence-corrected chi connectivity index (χ3v) is 5.95. The molecule has 1 saturated heterocycles. The van der Waals surface area contributed by atoms with Gasteiger partial charge in [-0.1, -0.05) is 24.3 Å². The van der Waals surface area contributed by atoms with Crippen LogP contribution >= 0.6 is 11.3 Å². The Hall–Kier alpha value is -2.28. The summed E-state index contributed by atoms with van der Waals surface area (Å²) in [7, 11) is 0. The monoisotopic (exact) mass is 370 g/mol. The Kier molecular flexibility index (Phi) is 4.72. The average Bonchev–Trinajstić information content (AvgIpc) is 3.34. The highest BCUT2D eigenvalue weighted by molar-refractivity contribution is 7.15. The molecule has 0 unspecified atom stereocenters. The highest BCUT2D eigenvalue weighted by atomic mass is 32.1. The van der Waals surface area contributed by atoms with Gasteiger partial charge in [-0.2, -0.15) is 0 Å². The molecule has 136 valence electrons. The summed E-state index contributed by atoms with van der Waals surface area (Å²) < 4.78 is 0. The number of hydrogen-bond acceptors (Lipinski definition) is 5. The number of anilines is 2. The normalized spacial score (nSPS) is 19.0. The minimum absolute atomic E-state index is 0.00651. The van der Waals surface area contributed by atoms with Gasteiger partial charge in [-0.25, -0.2) is 0 Å². The zero-order chi connectivity index (χ0) is 18.1. The molecule has 6 nitrogen and oxygen atoms in total. The van der Waals surface area contributed by atoms with Crippen LogP contribution in [0.4, 0.5) is 10.8 Å². The van der Waals surface area contributed by atoms with Crippen molar-refractivity contribution in [3.05, 3.63) is 34.3 Å². The first-order chi connectivity index (χ1) is 12.6. The van der Waals surface area contributed by atoms with E-state index in [1.54, 1.807) is 4.90 Å². The van der Waals surface area contributed by atoms with Crippen LogP contribution in [0, 0.1) is 5.92 Å². The summed E-state index contributed by atoms with van der Waals surface area (Å²) >= 11 is 1.40. The van der Waals surface area contributed by atoms with Gasteiger partial charge in [-0.3, -0.25) is 9.59 Å². The molecule has 2 heterocycles. The summed E-state index contributed by atoms with van der Waals surface area (Å²) in [5.41, 5.74) is 3.63. The summed E-state index contributed by atoms with van der Waals surface area (Å²) in [5.74, 6) is -0.498. The Labute approximate surface area is 156 Å². The molecule has 2 aromatic rings. The molecule has 0 radical (unpaired) electrons. The van der Waals surface area contributed by atoms with Gasteiger partial charge in [-0.15, -0.1) is 10.2 Å². The molecule has 0 spiro atoms. The summed E-state index contributed by atoms with van der Waals surface area (Å²) in [5, 5.41) is 12.4. The maximum absolute atomic E-state index is 12.5. The van der Waals surface area contributed by atoms with Crippen molar-refractivity contribution in [3.8, 4) is 0 Å². The van der Waals surface area contributed by atoms with Crippen LogP contribution in [0.15, 0.2) is 18.2 Å². The van der Waals surface area contributed by atoms with E-state index in [0.717, 1.165) is 36.4 Å². The second kappa shape index (κ2) is 7.15. The van der Waals surface area contributed by atoms with E-state index in [0.29, 0.717) is 11.7 Å². The first-order valence-corrected chi connectivity index (χ1v) is 10.0. The number of amides is 2. The molecule has 2 aliphatic rings. The van der Waals surface area contributed by atoms with E-state index in [-0.39, 0.29) is 24.2 Å². The maximum atomic E-state index is 12.5. The third-order valence-electron chi connectivity index (χ3n) is 5.05. The van der Waals surface area contributed by atoms with E-state index in [1.165, 1.54) is 28.9 Å². The van der Waals surface area contributed by atoms with Gasteiger partial charge in [0.2, 0.25) is 16.9 Å². The predicted octanol–water partition coefficient (Wildman–Crippen LogP) is 2.97. The molecule has 1 aliphatic heterocycles. The van der Waals surface area contributed by atoms with Crippen LogP contribution in [0.1, 0.15) is 42.3 Å². The Bertz CT molecular complexity index is 848. The molecule has 4 rings (SSSR count). The molecular weight excluding hydrogens is 348 g/mol. The van der Waals surface area contributed by atoms with Crippen molar-refractivity contribution in [1.82, 2.24) is 10.2 Å². The number of aryl methyl sites for hydroxylation is 3. The summed E-state index contributed by atoms with van der Waals surface area (Å²) in [6, 6.07) is 6.24. The highest BCUT2D eigenvalue weighted by Crippen LogP contribution is 2.31. The Morgan fingerprint density at radius 2 is 2.15 bits per heavy atom. The fourth-order valence-corrected chi connectivity index (χ4v) is 4.53. The van der Waals surface area contributed by atoms with Crippen LogP contribution in [0.5, 0.6) is 0 Å². The van der Waals surface area contributed by atoms with Gasteiger partial charge in [0.1, 0.15) is 5.01 Å². The second-order valence-corrected chi connectivity index (χ2v) is 8.01. The molecule has 1 aliphatic carbocycles. The van der Waals surface area contributed by atoms with Gasteiger partial charge in [0.25, 0.3) is 0 Å². The van der Waals surface area contributed by atoms with Crippen molar-refractivity contribution in [1.29, 1.82) is 0 Å². The first-order valence-electron chi connectivity index (χ1n) is 9.19. The van der Waals surface area contributed by atoms with Crippen molar-refractivity contribution in [2.24, 2.45) is 5.92 Å². The van der Waals surface area contributed by atoms with Gasteiger partial charge in [0.05, 0.1) is 5.92 Å². The number of fused-ring (bicyclic) bond motifs is 1. The van der Waals surface area contributed by atoms with Crippen LogP contribution in [0.25, 0.3) is 0 Å². The van der Waals surface area contributed by atoms with Gasteiger partial charge >= 0.3 is 0 Å². The van der Waals surface area contributed by atoms with Crippen LogP contribution in [-0.2, 0) is 28.9 Å². The smallest absolute Gasteiger partial charge is 0.231 e. The molecular formula is C19H22N4O2S. The number of rotatable bonds is 5. The average molecular weight is 370 g/mol. The molecule has 26 heavy (non-hydrogen) atoms. The van der Waals surface area contributed by atoms with E-state index in [9.17, 15) is 9.59 Å². The maximum Gasteiger partial charge on any atom is 0.231 e. The van der Waals surface area contributed by atoms with Crippen molar-refractivity contribution < 1.29 is 9.59 Å². The van der Waals surface area contributed by atoms with Gasteiger partial charge in [0.15, 0.2) is 0 Å². The van der Waals surface area contributed by atoms with Crippen molar-refractivity contribution in [3.63, 3.8) is 0 Å². The Balaban J connectivity index is 1.42. The van der Waals surface area contributed by atoms with Crippen molar-refractivity contribution in [2.45, 2.75) is 45.4 Å². The fraction of sp³-hybridized carbons (Fsp3) is 0.474. The zero-order valence-electron chi connectivity index (χ0n) is 14.8. The van der Waals surface area contributed by atoms with Gasteiger partial charge in [-0.05, 0) is 48.9 Å². The number of carbonyl (C=O) groups excluding carboxylic acids is 2. The number of hydrogen-bond donors (Lipinski definition) is 1. The number of aromatic nitrogens is 2. The summed E-state index contributed by atoms with van der Waals surface area (Å²) in [4.78, 5) is 26.7. The van der Waals surface area contributed by atoms with E-state index >= 15 is 0 Å². The van der Waals surface area contributed by atoms with Gasteiger partial charge in [0, 0.05) is 25.1 Å². The third kappa shape index (κ3) is 3.35. The minimum Gasteiger partial charge on any atom is -0.312 e. The minimum atomic E-state index is -0.353. The number of carbonyl (C=O) groups is 2. The molecule has 1 fully saturated rings. The van der Waals surface area contributed by atoms with E-state index < -0.39 is 0 Å². The lowest BCUT2D eigenvalue weighted by molar-refractivity contribution is -0.122. The van der Waals surface area contributed by atoms with Crippen LogP contribution < -0.4 is 10.2 Å². The lowest BCUT2D eigenvalue weighted by Gasteiger charge is -2.17. The van der Waals surface area contributed by atoms with E-state index in [2.05, 4.69) is 34.6 Å². The Morgan fingerprint density at radius 3 is 3.00 bits per heavy atom. The van der Waals surface area contributed by atoms with Crippen LogP contribution in [0.3, 0.4) is 0 Å². The molecule has 1 aromatic carbocycles.